The first kappa shape index (κ1) is 26.8. The number of benzene rings is 3. The molecule has 5 rings (SSSR count). The molecule has 1 aliphatic heterocycles. The number of fused-ring (bicyclic) bond motifs is 1. The smallest absolute Gasteiger partial charge is 0.262 e. The van der Waals surface area contributed by atoms with E-state index in [1.165, 1.54) is 12.8 Å². The number of nitrogens with zero attached hydrogens (tertiary/aromatic N) is 3. The molecule has 0 saturated carbocycles. The third kappa shape index (κ3) is 6.29. The molecule has 204 valence electrons. The maximum Gasteiger partial charge on any atom is 0.262 e. The molecule has 0 aliphatic carbocycles. The van der Waals surface area contributed by atoms with Gasteiger partial charge in [-0.1, -0.05) is 35.9 Å². The molecule has 1 saturated heterocycles. The second-order valence-corrected chi connectivity index (χ2v) is 9.86. The second kappa shape index (κ2) is 12.4. The van der Waals surface area contributed by atoms with Crippen LogP contribution in [0.1, 0.15) is 24.0 Å². The fourth-order valence-electron chi connectivity index (χ4n) is 4.65. The number of ether oxygens (including phenoxy) is 4. The van der Waals surface area contributed by atoms with Crippen LogP contribution < -0.4 is 24.5 Å². The van der Waals surface area contributed by atoms with Gasteiger partial charge in [0.1, 0.15) is 29.7 Å². The number of hydrogen-bond donors (Lipinski definition) is 0. The Kier molecular flexibility index (Phi) is 8.54. The van der Waals surface area contributed by atoms with Gasteiger partial charge in [-0.3, -0.25) is 9.36 Å². The van der Waals surface area contributed by atoms with E-state index in [1.807, 2.05) is 48.5 Å². The van der Waals surface area contributed by atoms with E-state index in [2.05, 4.69) is 9.88 Å². The van der Waals surface area contributed by atoms with E-state index >= 15 is 0 Å². The normalized spacial score (nSPS) is 13.5. The van der Waals surface area contributed by atoms with Crippen molar-refractivity contribution in [3.05, 3.63) is 87.4 Å². The van der Waals surface area contributed by atoms with E-state index in [0.717, 1.165) is 42.3 Å². The predicted octanol–water partition coefficient (Wildman–Crippen LogP) is 5.32. The summed E-state index contributed by atoms with van der Waals surface area (Å²) in [6.45, 7) is 3.99. The quantitative estimate of drug-likeness (QED) is 0.250. The molecule has 8 nitrogen and oxygen atoms in total. The fraction of sp³-hybridized carbons (Fsp3) is 0.333. The van der Waals surface area contributed by atoms with Crippen LogP contribution in [0.15, 0.2) is 65.7 Å². The van der Waals surface area contributed by atoms with Gasteiger partial charge in [0.25, 0.3) is 5.56 Å². The van der Waals surface area contributed by atoms with Crippen molar-refractivity contribution >= 4 is 22.5 Å². The molecule has 0 amide bonds. The summed E-state index contributed by atoms with van der Waals surface area (Å²) in [6.07, 6.45) is 3.98. The summed E-state index contributed by atoms with van der Waals surface area (Å²) in [5, 5.41) is 0.515. The Morgan fingerprint density at radius 3 is 2.03 bits per heavy atom. The summed E-state index contributed by atoms with van der Waals surface area (Å²) < 4.78 is 24.5. The van der Waals surface area contributed by atoms with Gasteiger partial charge < -0.3 is 23.8 Å². The molecule has 0 unspecified atom stereocenters. The summed E-state index contributed by atoms with van der Waals surface area (Å²) in [7, 11) is 3.25. The fourth-order valence-corrected chi connectivity index (χ4v) is 4.97. The molecule has 0 radical (unpaired) electrons. The summed E-state index contributed by atoms with van der Waals surface area (Å²) in [5.74, 6) is 2.25. The number of aromatic nitrogens is 2. The van der Waals surface area contributed by atoms with Crippen molar-refractivity contribution in [3.8, 4) is 23.0 Å². The molecule has 1 aliphatic rings. The lowest BCUT2D eigenvalue weighted by Crippen LogP contribution is -2.29. The maximum absolute atomic E-state index is 13.5. The van der Waals surface area contributed by atoms with Crippen LogP contribution in [0.25, 0.3) is 10.9 Å². The van der Waals surface area contributed by atoms with E-state index in [9.17, 15) is 4.79 Å². The van der Waals surface area contributed by atoms with Gasteiger partial charge >= 0.3 is 0 Å². The SMILES string of the molecule is COc1ccc(COc2cc3ncn(CCN4CCCC4)c(=O)c3c(Cl)c2OCc2ccc(OC)cc2)cc1. The molecule has 0 bridgehead atoms. The van der Waals surface area contributed by atoms with E-state index in [4.69, 9.17) is 30.5 Å². The number of methoxy groups -OCH3 is 2. The molecule has 0 atom stereocenters. The van der Waals surface area contributed by atoms with Crippen molar-refractivity contribution in [2.45, 2.75) is 32.6 Å². The Labute approximate surface area is 232 Å². The highest BCUT2D eigenvalue weighted by Gasteiger charge is 2.20. The van der Waals surface area contributed by atoms with Gasteiger partial charge in [0, 0.05) is 19.2 Å². The Morgan fingerprint density at radius 1 is 0.846 bits per heavy atom. The number of halogens is 1. The number of hydrogen-bond acceptors (Lipinski definition) is 7. The Balaban J connectivity index is 1.45. The standard InChI is InChI=1S/C30H32ClN3O5/c1-36-23-9-5-21(6-10-23)18-38-26-17-25-27(30(35)34(20-32-25)16-15-33-13-3-4-14-33)28(31)29(26)39-19-22-7-11-24(37-2)12-8-22/h5-12,17,20H,3-4,13-16,18-19H2,1-2H3. The van der Waals surface area contributed by atoms with Crippen LogP contribution in [-0.2, 0) is 19.8 Å². The van der Waals surface area contributed by atoms with Crippen LogP contribution in [0, 0.1) is 0 Å². The molecule has 4 aromatic rings. The molecule has 1 fully saturated rings. The second-order valence-electron chi connectivity index (χ2n) is 9.48. The van der Waals surface area contributed by atoms with Crippen LogP contribution >= 0.6 is 11.6 Å². The molecule has 0 spiro atoms. The zero-order chi connectivity index (χ0) is 27.2. The van der Waals surface area contributed by atoms with Gasteiger partial charge in [-0.2, -0.15) is 0 Å². The average Bonchev–Trinajstić information content (AvgIpc) is 3.49. The highest BCUT2D eigenvalue weighted by molar-refractivity contribution is 6.37. The topological polar surface area (TPSA) is 75.1 Å². The minimum atomic E-state index is -0.194. The lowest BCUT2D eigenvalue weighted by atomic mass is 10.2. The number of rotatable bonds is 11. The minimum Gasteiger partial charge on any atom is -0.497 e. The third-order valence-corrected chi connectivity index (χ3v) is 7.29. The van der Waals surface area contributed by atoms with E-state index < -0.39 is 0 Å². The van der Waals surface area contributed by atoms with Crippen molar-refractivity contribution < 1.29 is 18.9 Å². The van der Waals surface area contributed by atoms with Crippen molar-refractivity contribution in [2.75, 3.05) is 33.9 Å². The van der Waals surface area contributed by atoms with Crippen LogP contribution in [0.3, 0.4) is 0 Å². The zero-order valence-corrected chi connectivity index (χ0v) is 22.9. The van der Waals surface area contributed by atoms with Gasteiger partial charge in [0.15, 0.2) is 11.5 Å². The van der Waals surface area contributed by atoms with Crippen molar-refractivity contribution in [3.63, 3.8) is 0 Å². The van der Waals surface area contributed by atoms with Crippen molar-refractivity contribution in [1.29, 1.82) is 0 Å². The monoisotopic (exact) mass is 549 g/mol. The van der Waals surface area contributed by atoms with Crippen LogP contribution in [0.4, 0.5) is 0 Å². The zero-order valence-electron chi connectivity index (χ0n) is 22.2. The van der Waals surface area contributed by atoms with Gasteiger partial charge in [-0.25, -0.2) is 4.98 Å². The summed E-state index contributed by atoms with van der Waals surface area (Å²) in [4.78, 5) is 20.4. The van der Waals surface area contributed by atoms with Crippen LogP contribution in [-0.4, -0.2) is 48.3 Å². The van der Waals surface area contributed by atoms with Crippen molar-refractivity contribution in [1.82, 2.24) is 14.5 Å². The largest absolute Gasteiger partial charge is 0.497 e. The molecule has 1 aromatic heterocycles. The Hall–Kier alpha value is -3.75. The van der Waals surface area contributed by atoms with E-state index in [-0.39, 0.29) is 23.8 Å². The Morgan fingerprint density at radius 2 is 1.44 bits per heavy atom. The van der Waals surface area contributed by atoms with E-state index in [0.29, 0.717) is 28.9 Å². The summed E-state index contributed by atoms with van der Waals surface area (Å²) in [6, 6.07) is 16.9. The minimum absolute atomic E-state index is 0.193. The lowest BCUT2D eigenvalue weighted by Gasteiger charge is -2.18. The third-order valence-electron chi connectivity index (χ3n) is 6.93. The highest BCUT2D eigenvalue weighted by atomic mass is 35.5. The van der Waals surface area contributed by atoms with Gasteiger partial charge in [0.05, 0.1) is 31.4 Å². The molecule has 9 heteroatoms. The molecule has 0 N–H and O–H groups in total. The van der Waals surface area contributed by atoms with Gasteiger partial charge in [-0.15, -0.1) is 0 Å². The molecular formula is C30H32ClN3O5. The molecule has 3 aromatic carbocycles. The first-order valence-corrected chi connectivity index (χ1v) is 13.4. The first-order valence-electron chi connectivity index (χ1n) is 13.0. The van der Waals surface area contributed by atoms with Gasteiger partial charge in [-0.05, 0) is 61.3 Å². The first-order chi connectivity index (χ1) is 19.1. The highest BCUT2D eigenvalue weighted by Crippen LogP contribution is 2.40. The predicted molar refractivity (Wildman–Crippen MR) is 151 cm³/mol. The van der Waals surface area contributed by atoms with E-state index in [1.54, 1.807) is 31.2 Å². The molecule has 39 heavy (non-hydrogen) atoms. The van der Waals surface area contributed by atoms with Crippen LogP contribution in [0.5, 0.6) is 23.0 Å². The van der Waals surface area contributed by atoms with Crippen LogP contribution in [0.2, 0.25) is 5.02 Å². The number of likely N-dealkylation sites (tertiary alicyclic amines) is 1. The van der Waals surface area contributed by atoms with Crippen molar-refractivity contribution in [2.24, 2.45) is 0 Å². The Bertz CT molecular complexity index is 1470. The average molecular weight is 550 g/mol. The summed E-state index contributed by atoms with van der Waals surface area (Å²) in [5.41, 5.74) is 2.13. The maximum atomic E-state index is 13.5. The van der Waals surface area contributed by atoms with Gasteiger partial charge in [0.2, 0.25) is 0 Å². The molecule has 2 heterocycles. The lowest BCUT2D eigenvalue weighted by molar-refractivity contribution is 0.256. The summed E-state index contributed by atoms with van der Waals surface area (Å²) >= 11 is 6.88. The molecular weight excluding hydrogens is 518 g/mol.